The first-order valence-corrected chi connectivity index (χ1v) is 16.0. The largest absolute Gasteiger partial charge is 0.341 e. The Bertz CT molecular complexity index is 1110. The second-order valence-corrected chi connectivity index (χ2v) is 13.4. The molecule has 1 atom stereocenters. The standard InChI is InChI=1S/C25H36N4O4S3/c1-4-29(14-13-26-2)22(30)17-34-23-16-27-25(35-23)28-24(31)21(15-18-7-5-6-8-18)19-9-11-20(12-10-19)36(3,32)33/h9-12,16,18,21,26H,4-8,13-15,17H2,1-3H3,(H,27,28,31)/t21-/m1/s1. The monoisotopic (exact) mass is 552 g/mol. The quantitative estimate of drug-likeness (QED) is 0.362. The van der Waals surface area contributed by atoms with Gasteiger partial charge in [0.1, 0.15) is 0 Å². The van der Waals surface area contributed by atoms with Crippen molar-refractivity contribution in [1.29, 1.82) is 0 Å². The lowest BCUT2D eigenvalue weighted by molar-refractivity contribution is -0.128. The van der Waals surface area contributed by atoms with Crippen molar-refractivity contribution in [3.05, 3.63) is 36.0 Å². The van der Waals surface area contributed by atoms with Gasteiger partial charge in [-0.2, -0.15) is 0 Å². The van der Waals surface area contributed by atoms with Crippen LogP contribution in [-0.2, 0) is 19.4 Å². The fraction of sp³-hybridized carbons (Fsp3) is 0.560. The van der Waals surface area contributed by atoms with Crippen molar-refractivity contribution in [3.8, 4) is 0 Å². The SMILES string of the molecule is CCN(CCNC)C(=O)CSc1cnc(NC(=O)[C@H](CC2CCCC2)c2ccc(S(C)(=O)=O)cc2)s1. The van der Waals surface area contributed by atoms with Crippen LogP contribution in [0.15, 0.2) is 39.6 Å². The summed E-state index contributed by atoms with van der Waals surface area (Å²) >= 11 is 2.78. The average Bonchev–Trinajstić information content (AvgIpc) is 3.53. The number of carbonyl (C=O) groups excluding carboxylic acids is 2. The topological polar surface area (TPSA) is 108 Å². The Morgan fingerprint density at radius 1 is 1.22 bits per heavy atom. The van der Waals surface area contributed by atoms with E-state index in [1.54, 1.807) is 30.5 Å². The zero-order valence-corrected chi connectivity index (χ0v) is 23.6. The molecule has 1 saturated carbocycles. The fourth-order valence-corrected chi connectivity index (χ4v) is 6.84. The van der Waals surface area contributed by atoms with Crippen LogP contribution in [0.3, 0.4) is 0 Å². The molecule has 0 radical (unpaired) electrons. The van der Waals surface area contributed by atoms with Crippen molar-refractivity contribution in [3.63, 3.8) is 0 Å². The molecule has 1 aromatic heterocycles. The molecule has 36 heavy (non-hydrogen) atoms. The van der Waals surface area contributed by atoms with Gasteiger partial charge in [-0.3, -0.25) is 9.59 Å². The van der Waals surface area contributed by atoms with E-state index in [1.807, 2.05) is 18.9 Å². The number of aromatic nitrogens is 1. The highest BCUT2D eigenvalue weighted by Gasteiger charge is 2.27. The first kappa shape index (κ1) is 28.6. The summed E-state index contributed by atoms with van der Waals surface area (Å²) in [7, 11) is -1.43. The first-order valence-electron chi connectivity index (χ1n) is 12.3. The first-order chi connectivity index (χ1) is 17.2. The predicted molar refractivity (Wildman–Crippen MR) is 147 cm³/mol. The highest BCUT2D eigenvalue weighted by Crippen LogP contribution is 2.36. The third-order valence-corrected chi connectivity index (χ3v) is 9.71. The minimum atomic E-state index is -3.30. The number of likely N-dealkylation sites (N-methyl/N-ethyl adjacent to an activating group) is 2. The number of carbonyl (C=O) groups is 2. The number of amides is 2. The maximum absolute atomic E-state index is 13.4. The molecule has 2 aromatic rings. The molecule has 0 saturated heterocycles. The molecule has 8 nitrogen and oxygen atoms in total. The van der Waals surface area contributed by atoms with E-state index < -0.39 is 9.84 Å². The molecule has 3 rings (SSSR count). The summed E-state index contributed by atoms with van der Waals surface area (Å²) in [4.78, 5) is 32.3. The van der Waals surface area contributed by atoms with Gasteiger partial charge in [0.25, 0.3) is 0 Å². The molecule has 0 spiro atoms. The zero-order chi connectivity index (χ0) is 26.1. The van der Waals surface area contributed by atoms with E-state index in [1.165, 1.54) is 42.2 Å². The van der Waals surface area contributed by atoms with E-state index in [-0.39, 0.29) is 22.6 Å². The number of thiazole rings is 1. The van der Waals surface area contributed by atoms with E-state index in [0.717, 1.165) is 35.6 Å². The van der Waals surface area contributed by atoms with E-state index in [9.17, 15) is 18.0 Å². The molecular formula is C25H36N4O4S3. The van der Waals surface area contributed by atoms with Gasteiger partial charge in [-0.1, -0.05) is 49.2 Å². The van der Waals surface area contributed by atoms with Crippen molar-refractivity contribution in [2.45, 2.75) is 54.1 Å². The molecule has 198 valence electrons. The van der Waals surface area contributed by atoms with Gasteiger partial charge >= 0.3 is 0 Å². The summed E-state index contributed by atoms with van der Waals surface area (Å²) < 4.78 is 24.6. The van der Waals surface area contributed by atoms with Crippen LogP contribution in [0.4, 0.5) is 5.13 Å². The molecule has 11 heteroatoms. The smallest absolute Gasteiger partial charge is 0.233 e. The van der Waals surface area contributed by atoms with Crippen molar-refractivity contribution < 1.29 is 18.0 Å². The third kappa shape index (κ3) is 8.29. The fourth-order valence-electron chi connectivity index (χ4n) is 4.43. The third-order valence-electron chi connectivity index (χ3n) is 6.49. The van der Waals surface area contributed by atoms with Crippen LogP contribution in [-0.4, -0.2) is 68.8 Å². The van der Waals surface area contributed by atoms with Crippen molar-refractivity contribution in [2.24, 2.45) is 5.92 Å². The van der Waals surface area contributed by atoms with Crippen LogP contribution < -0.4 is 10.6 Å². The van der Waals surface area contributed by atoms with Crippen LogP contribution in [0.5, 0.6) is 0 Å². The van der Waals surface area contributed by atoms with E-state index in [0.29, 0.717) is 29.9 Å². The van der Waals surface area contributed by atoms with Crippen molar-refractivity contribution in [2.75, 3.05) is 44.0 Å². The molecule has 1 aromatic carbocycles. The van der Waals surface area contributed by atoms with Gasteiger partial charge in [-0.15, -0.1) is 11.8 Å². The van der Waals surface area contributed by atoms with E-state index in [2.05, 4.69) is 15.6 Å². The lowest BCUT2D eigenvalue weighted by Crippen LogP contribution is -2.37. The lowest BCUT2D eigenvalue weighted by Gasteiger charge is -2.20. The second kappa shape index (κ2) is 13.6. The highest BCUT2D eigenvalue weighted by molar-refractivity contribution is 8.01. The minimum absolute atomic E-state index is 0.0749. The van der Waals surface area contributed by atoms with Gasteiger partial charge in [-0.05, 0) is 44.0 Å². The van der Waals surface area contributed by atoms with Gasteiger partial charge in [0, 0.05) is 25.9 Å². The van der Waals surface area contributed by atoms with Crippen LogP contribution in [0.25, 0.3) is 0 Å². The Labute approximate surface area is 222 Å². The number of nitrogens with zero attached hydrogens (tertiary/aromatic N) is 2. The van der Waals surface area contributed by atoms with Gasteiger partial charge in [0.2, 0.25) is 11.8 Å². The van der Waals surface area contributed by atoms with E-state index >= 15 is 0 Å². The Balaban J connectivity index is 1.65. The summed E-state index contributed by atoms with van der Waals surface area (Å²) in [6.45, 7) is 4.05. The second-order valence-electron chi connectivity index (χ2n) is 9.12. The normalized spacial score (nSPS) is 15.1. The highest BCUT2D eigenvalue weighted by atomic mass is 32.2. The molecule has 1 aliphatic carbocycles. The molecule has 0 bridgehead atoms. The zero-order valence-electron chi connectivity index (χ0n) is 21.2. The van der Waals surface area contributed by atoms with Crippen LogP contribution in [0.1, 0.15) is 50.5 Å². The molecular weight excluding hydrogens is 517 g/mol. The Morgan fingerprint density at radius 3 is 2.53 bits per heavy atom. The number of benzene rings is 1. The number of thioether (sulfide) groups is 1. The molecule has 1 fully saturated rings. The van der Waals surface area contributed by atoms with Crippen LogP contribution >= 0.6 is 23.1 Å². The number of nitrogens with one attached hydrogen (secondary N) is 2. The van der Waals surface area contributed by atoms with Crippen LogP contribution in [0, 0.1) is 5.92 Å². The molecule has 2 N–H and O–H groups in total. The molecule has 0 unspecified atom stereocenters. The number of sulfone groups is 1. The molecule has 2 amide bonds. The summed E-state index contributed by atoms with van der Waals surface area (Å²) in [6.07, 6.45) is 8.18. The number of hydrogen-bond acceptors (Lipinski definition) is 8. The van der Waals surface area contributed by atoms with Crippen molar-refractivity contribution >= 4 is 49.9 Å². The van der Waals surface area contributed by atoms with Gasteiger partial charge in [0.05, 0.1) is 27.0 Å². The Hall–Kier alpha value is -1.95. The Morgan fingerprint density at radius 2 is 1.92 bits per heavy atom. The van der Waals surface area contributed by atoms with Gasteiger partial charge < -0.3 is 15.5 Å². The minimum Gasteiger partial charge on any atom is -0.341 e. The average molecular weight is 553 g/mol. The molecule has 1 heterocycles. The van der Waals surface area contributed by atoms with Gasteiger partial charge in [0.15, 0.2) is 15.0 Å². The molecule has 1 aliphatic rings. The van der Waals surface area contributed by atoms with Gasteiger partial charge in [-0.25, -0.2) is 13.4 Å². The van der Waals surface area contributed by atoms with Crippen LogP contribution in [0.2, 0.25) is 0 Å². The summed E-state index contributed by atoms with van der Waals surface area (Å²) in [5.41, 5.74) is 0.810. The van der Waals surface area contributed by atoms with E-state index in [4.69, 9.17) is 0 Å². The maximum Gasteiger partial charge on any atom is 0.233 e. The summed E-state index contributed by atoms with van der Waals surface area (Å²) in [6, 6.07) is 6.64. The summed E-state index contributed by atoms with van der Waals surface area (Å²) in [5, 5.41) is 6.52. The number of anilines is 1. The maximum atomic E-state index is 13.4. The lowest BCUT2D eigenvalue weighted by atomic mass is 9.87. The molecule has 0 aliphatic heterocycles. The Kier molecular flexibility index (Phi) is 10.8. The summed E-state index contributed by atoms with van der Waals surface area (Å²) in [5.74, 6) is 0.359. The number of hydrogen-bond donors (Lipinski definition) is 2. The number of rotatable bonds is 13. The van der Waals surface area contributed by atoms with Crippen molar-refractivity contribution in [1.82, 2.24) is 15.2 Å². The predicted octanol–water partition coefficient (Wildman–Crippen LogP) is 4.01.